The van der Waals surface area contributed by atoms with Crippen LogP contribution < -0.4 is 0 Å². The van der Waals surface area contributed by atoms with Gasteiger partial charge in [0.05, 0.1) is 19.8 Å². The van der Waals surface area contributed by atoms with Crippen molar-refractivity contribution in [3.05, 3.63) is 0 Å². The maximum absolute atomic E-state index is 11.8. The Morgan fingerprint density at radius 2 is 1.63 bits per heavy atom. The molecular formula is C17H30O10. The van der Waals surface area contributed by atoms with Crippen LogP contribution in [-0.4, -0.2) is 94.4 Å². The van der Waals surface area contributed by atoms with E-state index in [0.717, 1.165) is 0 Å². The first-order valence-electron chi connectivity index (χ1n) is 9.01. The minimum atomic E-state index is -1.59. The van der Waals surface area contributed by atoms with Crippen LogP contribution in [0.5, 0.6) is 0 Å². The normalized spacial score (nSPS) is 29.4. The molecule has 0 aromatic rings. The zero-order valence-corrected chi connectivity index (χ0v) is 15.4. The quantitative estimate of drug-likeness (QED) is 0.236. The van der Waals surface area contributed by atoms with Gasteiger partial charge >= 0.3 is 5.97 Å². The molecule has 3 unspecified atom stereocenters. The molecule has 10 nitrogen and oxygen atoms in total. The van der Waals surface area contributed by atoms with E-state index < -0.39 is 36.7 Å². The lowest BCUT2D eigenvalue weighted by molar-refractivity contribution is -0.288. The summed E-state index contributed by atoms with van der Waals surface area (Å²) in [6.45, 7) is 2.41. The van der Waals surface area contributed by atoms with Crippen molar-refractivity contribution >= 4 is 11.8 Å². The fourth-order valence-electron chi connectivity index (χ4n) is 2.58. The van der Waals surface area contributed by atoms with E-state index in [0.29, 0.717) is 25.9 Å². The smallest absolute Gasteiger partial charge is 0.303 e. The van der Waals surface area contributed by atoms with E-state index in [-0.39, 0.29) is 37.9 Å². The average molecular weight is 394 g/mol. The number of carbonyl (C=O) groups is 2. The Kier molecular flexibility index (Phi) is 10.9. The third-order valence-electron chi connectivity index (χ3n) is 4.39. The Morgan fingerprint density at radius 3 is 2.30 bits per heavy atom. The summed E-state index contributed by atoms with van der Waals surface area (Å²) in [7, 11) is 0. The molecule has 6 atom stereocenters. The highest BCUT2D eigenvalue weighted by Crippen LogP contribution is 2.20. The van der Waals surface area contributed by atoms with Crippen molar-refractivity contribution in [3.8, 4) is 0 Å². The Balaban J connectivity index is 2.04. The fraction of sp³-hybridized carbons (Fsp3) is 0.882. The molecule has 10 heteroatoms. The second-order valence-corrected chi connectivity index (χ2v) is 6.63. The zero-order valence-electron chi connectivity index (χ0n) is 15.4. The lowest BCUT2D eigenvalue weighted by Gasteiger charge is -2.38. The van der Waals surface area contributed by atoms with Gasteiger partial charge < -0.3 is 39.7 Å². The van der Waals surface area contributed by atoms with Crippen LogP contribution in [0.1, 0.15) is 32.6 Å². The number of carbonyl (C=O) groups excluding carboxylic acids is 1. The number of ketones is 1. The van der Waals surface area contributed by atoms with Gasteiger partial charge in [-0.2, -0.15) is 0 Å². The summed E-state index contributed by atoms with van der Waals surface area (Å²) in [6.07, 6.45) is -5.88. The Morgan fingerprint density at radius 1 is 0.963 bits per heavy atom. The van der Waals surface area contributed by atoms with Crippen molar-refractivity contribution in [2.24, 2.45) is 5.92 Å². The molecular weight excluding hydrogens is 364 g/mol. The number of carboxylic acids is 1. The summed E-state index contributed by atoms with van der Waals surface area (Å²) < 4.78 is 15.5. The predicted octanol–water partition coefficient (Wildman–Crippen LogP) is -1.33. The van der Waals surface area contributed by atoms with E-state index in [4.69, 9.17) is 19.3 Å². The van der Waals surface area contributed by atoms with E-state index in [1.165, 1.54) is 0 Å². The molecule has 1 aliphatic heterocycles. The van der Waals surface area contributed by atoms with Crippen molar-refractivity contribution in [1.82, 2.24) is 0 Å². The molecule has 1 heterocycles. The number of hydrogen-bond donors (Lipinski definition) is 5. The van der Waals surface area contributed by atoms with Gasteiger partial charge in [-0.15, -0.1) is 0 Å². The van der Waals surface area contributed by atoms with Crippen LogP contribution in [0.15, 0.2) is 0 Å². The lowest BCUT2D eigenvalue weighted by Crippen LogP contribution is -2.58. The minimum absolute atomic E-state index is 0.0128. The fourth-order valence-corrected chi connectivity index (χ4v) is 2.58. The molecule has 0 aliphatic carbocycles. The molecule has 0 bridgehead atoms. The van der Waals surface area contributed by atoms with Gasteiger partial charge in [0.1, 0.15) is 30.2 Å². The second-order valence-electron chi connectivity index (χ2n) is 6.63. The largest absolute Gasteiger partial charge is 0.481 e. The lowest BCUT2D eigenvalue weighted by atomic mass is 9.97. The Bertz CT molecular complexity index is 457. The van der Waals surface area contributed by atoms with Gasteiger partial charge in [0.15, 0.2) is 6.29 Å². The maximum Gasteiger partial charge on any atom is 0.303 e. The van der Waals surface area contributed by atoms with E-state index >= 15 is 0 Å². The summed E-state index contributed by atoms with van der Waals surface area (Å²) in [5.41, 5.74) is 0. The molecule has 1 saturated heterocycles. The van der Waals surface area contributed by atoms with Crippen molar-refractivity contribution in [1.29, 1.82) is 0 Å². The van der Waals surface area contributed by atoms with Crippen molar-refractivity contribution in [3.63, 3.8) is 0 Å². The molecule has 0 saturated carbocycles. The first-order chi connectivity index (χ1) is 12.7. The Labute approximate surface area is 157 Å². The van der Waals surface area contributed by atoms with Crippen LogP contribution in [0.2, 0.25) is 0 Å². The van der Waals surface area contributed by atoms with Gasteiger partial charge in [-0.1, -0.05) is 6.92 Å². The number of hydrogen-bond acceptors (Lipinski definition) is 9. The summed E-state index contributed by atoms with van der Waals surface area (Å²) >= 11 is 0. The van der Waals surface area contributed by atoms with Gasteiger partial charge in [-0.05, 0) is 12.8 Å². The highest BCUT2D eigenvalue weighted by atomic mass is 16.6. The van der Waals surface area contributed by atoms with Crippen LogP contribution in [0.3, 0.4) is 0 Å². The minimum Gasteiger partial charge on any atom is -0.481 e. The second kappa shape index (κ2) is 12.3. The van der Waals surface area contributed by atoms with Crippen LogP contribution in [-0.2, 0) is 23.8 Å². The summed E-state index contributed by atoms with van der Waals surface area (Å²) in [5.74, 6) is -1.18. The topological polar surface area (TPSA) is 163 Å². The van der Waals surface area contributed by atoms with E-state index in [1.54, 1.807) is 6.92 Å². The number of ether oxygens (including phenoxy) is 3. The molecule has 5 N–H and O–H groups in total. The zero-order chi connectivity index (χ0) is 20.4. The SMILES string of the molecule is CC(CCC(=O)O)C(=O)CCCOCCOCC1O[C@@H](O)C(O)[C@@H](O)[C@@H]1O. The Hall–Kier alpha value is -1.14. The van der Waals surface area contributed by atoms with E-state index in [1.807, 2.05) is 0 Å². The number of carboxylic acid groups (broad SMARTS) is 1. The van der Waals surface area contributed by atoms with Crippen LogP contribution >= 0.6 is 0 Å². The van der Waals surface area contributed by atoms with Gasteiger partial charge in [-0.25, -0.2) is 0 Å². The molecule has 0 aromatic heterocycles. The highest BCUT2D eigenvalue weighted by molar-refractivity contribution is 5.81. The van der Waals surface area contributed by atoms with E-state index in [9.17, 15) is 30.0 Å². The third-order valence-corrected chi connectivity index (χ3v) is 4.39. The first-order valence-corrected chi connectivity index (χ1v) is 9.01. The van der Waals surface area contributed by atoms with Crippen LogP contribution in [0, 0.1) is 5.92 Å². The van der Waals surface area contributed by atoms with Crippen molar-refractivity contribution in [2.45, 2.75) is 63.3 Å². The molecule has 27 heavy (non-hydrogen) atoms. The van der Waals surface area contributed by atoms with Crippen LogP contribution in [0.25, 0.3) is 0 Å². The maximum atomic E-state index is 11.8. The molecule has 0 aromatic carbocycles. The van der Waals surface area contributed by atoms with Crippen LogP contribution in [0.4, 0.5) is 0 Å². The standard InChI is InChI=1S/C17H30O10/c1-10(4-5-13(19)20)11(18)3-2-6-25-7-8-26-9-12-14(21)15(22)16(23)17(24)27-12/h10,12,14-17,21-24H,2-9H2,1H3,(H,19,20)/t10?,12?,14-,15+,16?,17-/m1/s1. The van der Waals surface area contributed by atoms with Gasteiger partial charge in [-0.3, -0.25) is 9.59 Å². The van der Waals surface area contributed by atoms with Crippen molar-refractivity contribution < 1.29 is 49.3 Å². The molecule has 0 spiro atoms. The summed E-state index contributed by atoms with van der Waals surface area (Å²) in [6, 6.07) is 0. The predicted molar refractivity (Wildman–Crippen MR) is 90.8 cm³/mol. The summed E-state index contributed by atoms with van der Waals surface area (Å²) in [5, 5.41) is 46.7. The highest BCUT2D eigenvalue weighted by Gasteiger charge is 2.42. The third kappa shape index (κ3) is 8.60. The monoisotopic (exact) mass is 394 g/mol. The van der Waals surface area contributed by atoms with E-state index in [2.05, 4.69) is 0 Å². The molecule has 0 radical (unpaired) electrons. The number of rotatable bonds is 13. The van der Waals surface area contributed by atoms with Gasteiger partial charge in [0.2, 0.25) is 0 Å². The molecule has 1 rings (SSSR count). The first kappa shape index (κ1) is 23.9. The number of aliphatic hydroxyl groups is 4. The summed E-state index contributed by atoms with van der Waals surface area (Å²) in [4.78, 5) is 22.3. The molecule has 1 aliphatic rings. The number of aliphatic carboxylic acids is 1. The average Bonchev–Trinajstić information content (AvgIpc) is 2.63. The molecule has 0 amide bonds. The number of Topliss-reactive ketones (excluding diaryl/α,β-unsaturated/α-hetero) is 1. The van der Waals surface area contributed by atoms with Crippen molar-refractivity contribution in [2.75, 3.05) is 26.4 Å². The molecule has 1 fully saturated rings. The van der Waals surface area contributed by atoms with Gasteiger partial charge in [0.25, 0.3) is 0 Å². The molecule has 158 valence electrons. The van der Waals surface area contributed by atoms with Gasteiger partial charge in [0, 0.05) is 25.4 Å². The number of aliphatic hydroxyl groups excluding tert-OH is 4.